The number of imide groups is 1. The maximum atomic E-state index is 11.0. The summed E-state index contributed by atoms with van der Waals surface area (Å²) in [5, 5.41) is 2.15. The van der Waals surface area contributed by atoms with Gasteiger partial charge in [-0.25, -0.2) is 4.79 Å². The van der Waals surface area contributed by atoms with Crippen LogP contribution in [0.2, 0.25) is 0 Å². The first-order valence-electron chi connectivity index (χ1n) is 3.86. The van der Waals surface area contributed by atoms with Crippen molar-refractivity contribution in [1.82, 2.24) is 10.2 Å². The fraction of sp³-hybridized carbons (Fsp3) is 0.714. The Morgan fingerprint density at radius 1 is 1.58 bits per heavy atom. The molecule has 0 aromatic rings. The van der Waals surface area contributed by atoms with Crippen molar-refractivity contribution < 1.29 is 14.3 Å². The van der Waals surface area contributed by atoms with Crippen molar-refractivity contribution in [2.75, 3.05) is 13.7 Å². The molecular weight excluding hydrogens is 160 g/mol. The van der Waals surface area contributed by atoms with Crippen LogP contribution in [0.25, 0.3) is 0 Å². The third kappa shape index (κ3) is 1.55. The molecule has 5 nitrogen and oxygen atoms in total. The van der Waals surface area contributed by atoms with Gasteiger partial charge in [0.25, 0.3) is 5.91 Å². The minimum Gasteiger partial charge on any atom is -0.349 e. The van der Waals surface area contributed by atoms with Gasteiger partial charge in [-0.2, -0.15) is 0 Å². The summed E-state index contributed by atoms with van der Waals surface area (Å²) in [5.74, 6) is -0.379. The van der Waals surface area contributed by atoms with Crippen molar-refractivity contribution in [3.05, 3.63) is 0 Å². The summed E-state index contributed by atoms with van der Waals surface area (Å²) < 4.78 is 5.14. The van der Waals surface area contributed by atoms with E-state index >= 15 is 0 Å². The van der Waals surface area contributed by atoms with E-state index in [2.05, 4.69) is 5.32 Å². The molecule has 1 saturated heterocycles. The maximum Gasteiger partial charge on any atom is 0.326 e. The zero-order valence-corrected chi connectivity index (χ0v) is 7.16. The highest BCUT2D eigenvalue weighted by Gasteiger charge is 2.36. The Morgan fingerprint density at radius 3 is 2.67 bits per heavy atom. The third-order valence-electron chi connectivity index (χ3n) is 1.61. The van der Waals surface area contributed by atoms with E-state index in [9.17, 15) is 9.59 Å². The predicted molar refractivity (Wildman–Crippen MR) is 41.3 cm³/mol. The Balaban J connectivity index is 2.51. The van der Waals surface area contributed by atoms with Crippen LogP contribution in [0.5, 0.6) is 0 Å². The molecule has 1 atom stereocenters. The molecule has 0 aliphatic carbocycles. The second-order valence-corrected chi connectivity index (χ2v) is 2.63. The van der Waals surface area contributed by atoms with E-state index in [0.717, 1.165) is 6.42 Å². The molecule has 5 heteroatoms. The first kappa shape index (κ1) is 8.99. The maximum absolute atomic E-state index is 11.0. The SMILES string of the molecule is CCCOC1C(=O)NC(=O)N1C. The zero-order valence-electron chi connectivity index (χ0n) is 7.16. The van der Waals surface area contributed by atoms with Crippen LogP contribution in [-0.4, -0.2) is 36.7 Å². The molecule has 0 radical (unpaired) electrons. The summed E-state index contributed by atoms with van der Waals surface area (Å²) >= 11 is 0. The molecule has 1 rings (SSSR count). The van der Waals surface area contributed by atoms with Gasteiger partial charge in [0.1, 0.15) is 0 Å². The molecular formula is C7H12N2O3. The molecule has 0 spiro atoms. The Labute approximate surface area is 70.7 Å². The number of rotatable bonds is 3. The molecule has 68 valence electrons. The molecule has 1 unspecified atom stereocenters. The molecule has 1 aliphatic heterocycles. The Morgan fingerprint density at radius 2 is 2.25 bits per heavy atom. The number of hydrogen-bond donors (Lipinski definition) is 1. The molecule has 0 aromatic carbocycles. The lowest BCUT2D eigenvalue weighted by Gasteiger charge is -2.15. The minimum atomic E-state index is -0.738. The molecule has 1 fully saturated rings. The number of carbonyl (C=O) groups is 2. The molecule has 0 bridgehead atoms. The van der Waals surface area contributed by atoms with Crippen LogP contribution in [0.1, 0.15) is 13.3 Å². The molecule has 0 saturated carbocycles. The second kappa shape index (κ2) is 3.53. The molecule has 0 aromatic heterocycles. The molecule has 3 amide bonds. The van der Waals surface area contributed by atoms with Crippen LogP contribution in [0.4, 0.5) is 4.79 Å². The largest absolute Gasteiger partial charge is 0.349 e. The van der Waals surface area contributed by atoms with Crippen molar-refractivity contribution in [3.8, 4) is 0 Å². The summed E-state index contributed by atoms with van der Waals surface area (Å²) in [4.78, 5) is 23.1. The smallest absolute Gasteiger partial charge is 0.326 e. The van der Waals surface area contributed by atoms with E-state index in [1.807, 2.05) is 6.92 Å². The van der Waals surface area contributed by atoms with Gasteiger partial charge in [-0.1, -0.05) is 6.92 Å². The van der Waals surface area contributed by atoms with E-state index in [-0.39, 0.29) is 5.91 Å². The standard InChI is InChI=1S/C7H12N2O3/c1-3-4-12-6-5(10)8-7(11)9(6)2/h6H,3-4H2,1-2H3,(H,8,10,11). The Kier molecular flexibility index (Phi) is 2.65. The lowest BCUT2D eigenvalue weighted by Crippen LogP contribution is -2.34. The van der Waals surface area contributed by atoms with Crippen LogP contribution < -0.4 is 5.32 Å². The van der Waals surface area contributed by atoms with E-state index in [1.54, 1.807) is 0 Å². The summed E-state index contributed by atoms with van der Waals surface area (Å²) in [5.41, 5.74) is 0. The fourth-order valence-corrected chi connectivity index (χ4v) is 0.955. The summed E-state index contributed by atoms with van der Waals surface area (Å²) in [6.45, 7) is 2.42. The van der Waals surface area contributed by atoms with Crippen molar-refractivity contribution >= 4 is 11.9 Å². The average molecular weight is 172 g/mol. The van der Waals surface area contributed by atoms with Gasteiger partial charge in [0, 0.05) is 13.7 Å². The van der Waals surface area contributed by atoms with E-state index in [1.165, 1.54) is 11.9 Å². The normalized spacial score (nSPS) is 23.2. The monoisotopic (exact) mass is 172 g/mol. The number of nitrogens with zero attached hydrogens (tertiary/aromatic N) is 1. The topological polar surface area (TPSA) is 58.6 Å². The van der Waals surface area contributed by atoms with Gasteiger partial charge in [0.05, 0.1) is 0 Å². The highest BCUT2D eigenvalue weighted by atomic mass is 16.5. The van der Waals surface area contributed by atoms with Gasteiger partial charge in [-0.3, -0.25) is 15.0 Å². The third-order valence-corrected chi connectivity index (χ3v) is 1.61. The van der Waals surface area contributed by atoms with Crippen molar-refractivity contribution in [2.45, 2.75) is 19.6 Å². The fourth-order valence-electron chi connectivity index (χ4n) is 0.955. The molecule has 1 heterocycles. The van der Waals surface area contributed by atoms with Gasteiger partial charge in [0.2, 0.25) is 6.23 Å². The first-order chi connectivity index (χ1) is 5.66. The van der Waals surface area contributed by atoms with Crippen LogP contribution >= 0.6 is 0 Å². The lowest BCUT2D eigenvalue weighted by molar-refractivity contribution is -0.134. The van der Waals surface area contributed by atoms with Gasteiger partial charge in [0.15, 0.2) is 0 Å². The zero-order chi connectivity index (χ0) is 9.14. The Hall–Kier alpha value is -1.10. The quantitative estimate of drug-likeness (QED) is 0.606. The number of ether oxygens (including phenoxy) is 1. The van der Waals surface area contributed by atoms with Gasteiger partial charge in [-0.05, 0) is 6.42 Å². The van der Waals surface area contributed by atoms with Crippen LogP contribution in [0, 0.1) is 0 Å². The summed E-state index contributed by atoms with van der Waals surface area (Å²) in [6, 6.07) is -0.402. The summed E-state index contributed by atoms with van der Waals surface area (Å²) in [6.07, 6.45) is 0.0867. The van der Waals surface area contributed by atoms with E-state index < -0.39 is 12.3 Å². The molecule has 12 heavy (non-hydrogen) atoms. The highest BCUT2D eigenvalue weighted by molar-refractivity contribution is 6.03. The van der Waals surface area contributed by atoms with Gasteiger partial charge < -0.3 is 4.74 Å². The predicted octanol–water partition coefficient (Wildman–Crippen LogP) is -0.0793. The van der Waals surface area contributed by atoms with E-state index in [0.29, 0.717) is 6.61 Å². The second-order valence-electron chi connectivity index (χ2n) is 2.63. The number of hydrogen-bond acceptors (Lipinski definition) is 3. The number of amides is 3. The minimum absolute atomic E-state index is 0.379. The number of urea groups is 1. The van der Waals surface area contributed by atoms with Gasteiger partial charge >= 0.3 is 6.03 Å². The number of nitrogens with one attached hydrogen (secondary N) is 1. The molecule has 1 aliphatic rings. The van der Waals surface area contributed by atoms with Crippen molar-refractivity contribution in [1.29, 1.82) is 0 Å². The van der Waals surface area contributed by atoms with Crippen LogP contribution in [0.15, 0.2) is 0 Å². The summed E-state index contributed by atoms with van der Waals surface area (Å²) in [7, 11) is 1.53. The number of carbonyl (C=O) groups excluding carboxylic acids is 2. The van der Waals surface area contributed by atoms with Gasteiger partial charge in [-0.15, -0.1) is 0 Å². The first-order valence-corrected chi connectivity index (χ1v) is 3.86. The number of likely N-dealkylation sites (N-methyl/N-ethyl adjacent to an activating group) is 1. The highest BCUT2D eigenvalue weighted by Crippen LogP contribution is 2.06. The lowest BCUT2D eigenvalue weighted by atomic mass is 10.5. The van der Waals surface area contributed by atoms with E-state index in [4.69, 9.17) is 4.74 Å². The van der Waals surface area contributed by atoms with Crippen LogP contribution in [0.3, 0.4) is 0 Å². The van der Waals surface area contributed by atoms with Crippen LogP contribution in [-0.2, 0) is 9.53 Å². The van der Waals surface area contributed by atoms with Crippen molar-refractivity contribution in [2.24, 2.45) is 0 Å². The average Bonchev–Trinajstić information content (AvgIpc) is 2.25. The van der Waals surface area contributed by atoms with Crippen molar-refractivity contribution in [3.63, 3.8) is 0 Å². The molecule has 1 N–H and O–H groups in total. The Bertz CT molecular complexity index is 205.